The summed E-state index contributed by atoms with van der Waals surface area (Å²) >= 11 is 0. The van der Waals surface area contributed by atoms with Crippen LogP contribution in [-0.2, 0) is 11.3 Å². The molecular formula is C9H13N5O. The van der Waals surface area contributed by atoms with Crippen molar-refractivity contribution < 1.29 is 4.79 Å². The quantitative estimate of drug-likeness (QED) is 0.662. The summed E-state index contributed by atoms with van der Waals surface area (Å²) in [6.07, 6.45) is 2.24. The molecule has 4 N–H and O–H groups in total. The minimum atomic E-state index is -0.311. The summed E-state index contributed by atoms with van der Waals surface area (Å²) in [6.45, 7) is 1.17. The van der Waals surface area contributed by atoms with Crippen molar-refractivity contribution in [1.29, 1.82) is 0 Å². The molecule has 0 saturated carbocycles. The Morgan fingerprint density at radius 3 is 2.93 bits per heavy atom. The van der Waals surface area contributed by atoms with Crippen LogP contribution in [0.2, 0.25) is 0 Å². The second kappa shape index (κ2) is 3.82. The molecule has 1 aliphatic rings. The Morgan fingerprint density at radius 1 is 1.60 bits per heavy atom. The van der Waals surface area contributed by atoms with Gasteiger partial charge in [0.05, 0.1) is 5.69 Å². The summed E-state index contributed by atoms with van der Waals surface area (Å²) in [5, 5.41) is 0. The van der Waals surface area contributed by atoms with E-state index in [1.54, 1.807) is 6.07 Å². The van der Waals surface area contributed by atoms with E-state index >= 15 is 0 Å². The number of rotatable bonds is 3. The van der Waals surface area contributed by atoms with Crippen molar-refractivity contribution in [1.82, 2.24) is 9.97 Å². The first-order valence-electron chi connectivity index (χ1n) is 4.79. The van der Waals surface area contributed by atoms with E-state index in [4.69, 9.17) is 11.5 Å². The summed E-state index contributed by atoms with van der Waals surface area (Å²) in [5.74, 6) is 0.412. The molecule has 15 heavy (non-hydrogen) atoms. The van der Waals surface area contributed by atoms with Crippen LogP contribution in [0.5, 0.6) is 0 Å². The summed E-state index contributed by atoms with van der Waals surface area (Å²) in [6, 6.07) is 1.56. The largest absolute Gasteiger partial charge is 0.368 e. The maximum atomic E-state index is 11.0. The number of hydrogen-bond acceptors (Lipinski definition) is 5. The Bertz CT molecular complexity index is 381. The van der Waals surface area contributed by atoms with Crippen LogP contribution in [0.25, 0.3) is 0 Å². The lowest BCUT2D eigenvalue weighted by atomic mass is 10.0. The van der Waals surface area contributed by atoms with Crippen molar-refractivity contribution >= 4 is 11.7 Å². The zero-order valence-electron chi connectivity index (χ0n) is 8.26. The van der Waals surface area contributed by atoms with Crippen LogP contribution in [0, 0.1) is 0 Å². The predicted molar refractivity (Wildman–Crippen MR) is 54.9 cm³/mol. The van der Waals surface area contributed by atoms with E-state index in [9.17, 15) is 4.79 Å². The molecule has 1 aromatic heterocycles. The van der Waals surface area contributed by atoms with Crippen LogP contribution < -0.4 is 16.4 Å². The van der Waals surface area contributed by atoms with Gasteiger partial charge in [0, 0.05) is 19.2 Å². The van der Waals surface area contributed by atoms with Gasteiger partial charge in [-0.2, -0.15) is 0 Å². The molecule has 1 aromatic rings. The van der Waals surface area contributed by atoms with E-state index < -0.39 is 0 Å². The maximum absolute atomic E-state index is 11.0. The molecule has 2 heterocycles. The highest BCUT2D eigenvalue weighted by Crippen LogP contribution is 2.24. The summed E-state index contributed by atoms with van der Waals surface area (Å²) in [4.78, 5) is 21.0. The third-order valence-corrected chi connectivity index (χ3v) is 2.56. The average Bonchev–Trinajstić information content (AvgIpc) is 2.15. The van der Waals surface area contributed by atoms with Crippen LogP contribution >= 0.6 is 0 Å². The predicted octanol–water partition coefficient (Wildman–Crippen LogP) is -1.00. The molecule has 1 atom stereocenters. The number of nitrogens with two attached hydrogens (primary N) is 2. The van der Waals surface area contributed by atoms with Gasteiger partial charge in [0.2, 0.25) is 5.91 Å². The van der Waals surface area contributed by atoms with E-state index in [1.165, 1.54) is 6.33 Å². The molecule has 1 amide bonds. The second-order valence-electron chi connectivity index (χ2n) is 3.47. The molecule has 0 bridgehead atoms. The maximum Gasteiger partial charge on any atom is 0.240 e. The number of aromatic nitrogens is 2. The molecule has 1 aliphatic heterocycles. The summed E-state index contributed by atoms with van der Waals surface area (Å²) in [5.41, 5.74) is 11.5. The highest BCUT2D eigenvalue weighted by molar-refractivity contribution is 5.85. The van der Waals surface area contributed by atoms with Crippen molar-refractivity contribution in [3.8, 4) is 0 Å². The molecule has 1 unspecified atom stereocenters. The van der Waals surface area contributed by atoms with Gasteiger partial charge < -0.3 is 16.4 Å². The smallest absolute Gasteiger partial charge is 0.240 e. The molecule has 1 fully saturated rings. The van der Waals surface area contributed by atoms with E-state index in [-0.39, 0.29) is 11.9 Å². The SMILES string of the molecule is NCc1cc(N2CCC2C(N)=O)ncn1. The fourth-order valence-corrected chi connectivity index (χ4v) is 1.61. The zero-order chi connectivity index (χ0) is 10.8. The Balaban J connectivity index is 2.19. The average molecular weight is 207 g/mol. The molecule has 80 valence electrons. The first-order valence-corrected chi connectivity index (χ1v) is 4.79. The summed E-state index contributed by atoms with van der Waals surface area (Å²) in [7, 11) is 0. The third kappa shape index (κ3) is 1.75. The van der Waals surface area contributed by atoms with Gasteiger partial charge in [0.25, 0.3) is 0 Å². The Morgan fingerprint density at radius 2 is 2.40 bits per heavy atom. The third-order valence-electron chi connectivity index (χ3n) is 2.56. The second-order valence-corrected chi connectivity index (χ2v) is 3.47. The van der Waals surface area contributed by atoms with Gasteiger partial charge in [-0.15, -0.1) is 0 Å². The lowest BCUT2D eigenvalue weighted by molar-refractivity contribution is -0.120. The van der Waals surface area contributed by atoms with Gasteiger partial charge in [-0.05, 0) is 6.42 Å². The number of carbonyl (C=O) groups excluding carboxylic acids is 1. The van der Waals surface area contributed by atoms with Crippen LogP contribution in [-0.4, -0.2) is 28.5 Å². The van der Waals surface area contributed by atoms with Gasteiger partial charge in [0.1, 0.15) is 18.2 Å². The highest BCUT2D eigenvalue weighted by Gasteiger charge is 2.33. The highest BCUT2D eigenvalue weighted by atomic mass is 16.1. The molecule has 0 aromatic carbocycles. The van der Waals surface area contributed by atoms with Crippen LogP contribution in [0.1, 0.15) is 12.1 Å². The van der Waals surface area contributed by atoms with E-state index in [2.05, 4.69) is 9.97 Å². The number of anilines is 1. The molecular weight excluding hydrogens is 194 g/mol. The number of hydrogen-bond donors (Lipinski definition) is 2. The molecule has 0 aliphatic carbocycles. The van der Waals surface area contributed by atoms with Gasteiger partial charge in [-0.1, -0.05) is 0 Å². The molecule has 2 rings (SSSR count). The van der Waals surface area contributed by atoms with Crippen molar-refractivity contribution in [3.05, 3.63) is 18.1 Å². The monoisotopic (exact) mass is 207 g/mol. The van der Waals surface area contributed by atoms with Gasteiger partial charge >= 0.3 is 0 Å². The molecule has 6 heteroatoms. The summed E-state index contributed by atoms with van der Waals surface area (Å²) < 4.78 is 0. The zero-order valence-corrected chi connectivity index (χ0v) is 8.26. The van der Waals surface area contributed by atoms with Gasteiger partial charge in [0.15, 0.2) is 0 Å². The van der Waals surface area contributed by atoms with Crippen molar-refractivity contribution in [2.45, 2.75) is 19.0 Å². The molecule has 0 radical (unpaired) electrons. The first kappa shape index (κ1) is 9.85. The van der Waals surface area contributed by atoms with Crippen molar-refractivity contribution in [2.75, 3.05) is 11.4 Å². The molecule has 6 nitrogen and oxygen atoms in total. The van der Waals surface area contributed by atoms with Gasteiger partial charge in [-0.3, -0.25) is 4.79 Å². The van der Waals surface area contributed by atoms with Gasteiger partial charge in [-0.25, -0.2) is 9.97 Å². The van der Waals surface area contributed by atoms with E-state index in [0.717, 1.165) is 24.5 Å². The van der Waals surface area contributed by atoms with Crippen molar-refractivity contribution in [2.24, 2.45) is 11.5 Å². The van der Waals surface area contributed by atoms with E-state index in [0.29, 0.717) is 6.54 Å². The fraction of sp³-hybridized carbons (Fsp3) is 0.444. The Labute approximate surface area is 87.3 Å². The van der Waals surface area contributed by atoms with Crippen molar-refractivity contribution in [3.63, 3.8) is 0 Å². The topological polar surface area (TPSA) is 98.1 Å². The Hall–Kier alpha value is -1.69. The number of nitrogens with zero attached hydrogens (tertiary/aromatic N) is 3. The van der Waals surface area contributed by atoms with Crippen LogP contribution in [0.15, 0.2) is 12.4 Å². The Kier molecular flexibility index (Phi) is 2.51. The first-order chi connectivity index (χ1) is 7.22. The lowest BCUT2D eigenvalue weighted by Crippen LogP contribution is -2.55. The van der Waals surface area contributed by atoms with Crippen LogP contribution in [0.4, 0.5) is 5.82 Å². The lowest BCUT2D eigenvalue weighted by Gasteiger charge is -2.39. The number of primary amides is 1. The molecule has 1 saturated heterocycles. The standard InChI is InChI=1S/C9H13N5O/c10-4-6-3-8(13-5-12-6)14-2-1-7(14)9(11)15/h3,5,7H,1-2,4,10H2,(H2,11,15). The van der Waals surface area contributed by atoms with E-state index in [1.807, 2.05) is 4.90 Å². The molecule has 0 spiro atoms. The number of amides is 1. The normalized spacial score (nSPS) is 19.8. The minimum absolute atomic E-state index is 0.231. The number of carbonyl (C=O) groups is 1. The fourth-order valence-electron chi connectivity index (χ4n) is 1.61. The minimum Gasteiger partial charge on any atom is -0.368 e. The van der Waals surface area contributed by atoms with Crippen LogP contribution in [0.3, 0.4) is 0 Å².